The van der Waals surface area contributed by atoms with E-state index in [1.165, 1.54) is 28.8 Å². The minimum absolute atomic E-state index is 0.460. The Balaban J connectivity index is 2.66. The number of hydrogen-bond donors (Lipinski definition) is 1. The van der Waals surface area contributed by atoms with E-state index in [0.717, 1.165) is 22.8 Å². The SMILES string of the molecule is Cc1c(C)c(C)c(C(N)c2cc(F)cc(F)c2)c(C)c1C. The molecule has 0 bridgehead atoms. The van der Waals surface area contributed by atoms with E-state index < -0.39 is 17.7 Å². The van der Waals surface area contributed by atoms with Crippen molar-refractivity contribution in [3.63, 3.8) is 0 Å². The van der Waals surface area contributed by atoms with Gasteiger partial charge in [0.05, 0.1) is 6.04 Å². The predicted octanol–water partition coefficient (Wildman–Crippen LogP) is 4.56. The topological polar surface area (TPSA) is 26.0 Å². The lowest BCUT2D eigenvalue weighted by atomic mass is 9.84. The predicted molar refractivity (Wildman–Crippen MR) is 82.5 cm³/mol. The van der Waals surface area contributed by atoms with Crippen molar-refractivity contribution in [3.8, 4) is 0 Å². The standard InChI is InChI=1S/C18H21F2N/c1-9-10(2)12(4)17(13(5)11(9)3)18(21)14-6-15(19)8-16(20)7-14/h6-8,18H,21H2,1-5H3. The Kier molecular flexibility index (Phi) is 4.15. The van der Waals surface area contributed by atoms with Crippen molar-refractivity contribution in [1.82, 2.24) is 0 Å². The molecule has 0 aromatic heterocycles. The van der Waals surface area contributed by atoms with Crippen LogP contribution in [0, 0.1) is 46.3 Å². The van der Waals surface area contributed by atoms with Crippen LogP contribution >= 0.6 is 0 Å². The van der Waals surface area contributed by atoms with Crippen LogP contribution in [0.25, 0.3) is 0 Å². The minimum atomic E-state index is -0.601. The zero-order valence-corrected chi connectivity index (χ0v) is 13.1. The molecule has 0 aliphatic heterocycles. The van der Waals surface area contributed by atoms with Crippen molar-refractivity contribution >= 4 is 0 Å². The lowest BCUT2D eigenvalue weighted by Crippen LogP contribution is -2.17. The van der Waals surface area contributed by atoms with Crippen molar-refractivity contribution in [1.29, 1.82) is 0 Å². The van der Waals surface area contributed by atoms with Crippen LogP contribution < -0.4 is 5.73 Å². The Morgan fingerprint density at radius 1 is 0.714 bits per heavy atom. The molecule has 0 heterocycles. The van der Waals surface area contributed by atoms with Crippen LogP contribution in [0.1, 0.15) is 45.0 Å². The fraction of sp³-hybridized carbons (Fsp3) is 0.333. The molecule has 2 aromatic rings. The molecule has 112 valence electrons. The van der Waals surface area contributed by atoms with E-state index in [4.69, 9.17) is 5.73 Å². The summed E-state index contributed by atoms with van der Waals surface area (Å²) in [5, 5.41) is 0. The molecular weight excluding hydrogens is 268 g/mol. The van der Waals surface area contributed by atoms with E-state index in [-0.39, 0.29) is 0 Å². The molecule has 2 N–H and O–H groups in total. The van der Waals surface area contributed by atoms with Gasteiger partial charge in [0, 0.05) is 6.07 Å². The van der Waals surface area contributed by atoms with E-state index in [1.54, 1.807) is 0 Å². The molecule has 1 nitrogen and oxygen atoms in total. The molecule has 2 rings (SSSR count). The maximum Gasteiger partial charge on any atom is 0.126 e. The van der Waals surface area contributed by atoms with Gasteiger partial charge in [-0.1, -0.05) is 0 Å². The highest BCUT2D eigenvalue weighted by Gasteiger charge is 2.20. The second kappa shape index (κ2) is 5.57. The Labute approximate surface area is 124 Å². The molecule has 2 aromatic carbocycles. The molecule has 21 heavy (non-hydrogen) atoms. The van der Waals surface area contributed by atoms with Gasteiger partial charge in [0.2, 0.25) is 0 Å². The third-order valence-corrected chi connectivity index (χ3v) is 4.61. The van der Waals surface area contributed by atoms with Gasteiger partial charge in [-0.2, -0.15) is 0 Å². The summed E-state index contributed by atoms with van der Waals surface area (Å²) in [4.78, 5) is 0. The van der Waals surface area contributed by atoms with Crippen LogP contribution in [-0.4, -0.2) is 0 Å². The Bertz CT molecular complexity index is 656. The summed E-state index contributed by atoms with van der Waals surface area (Å²) in [6, 6.07) is 2.93. The van der Waals surface area contributed by atoms with Crippen LogP contribution in [0.5, 0.6) is 0 Å². The third kappa shape index (κ3) is 2.70. The minimum Gasteiger partial charge on any atom is -0.320 e. The quantitative estimate of drug-likeness (QED) is 0.862. The average Bonchev–Trinajstić information content (AvgIpc) is 2.42. The Hall–Kier alpha value is -1.74. The van der Waals surface area contributed by atoms with Crippen molar-refractivity contribution in [2.75, 3.05) is 0 Å². The van der Waals surface area contributed by atoms with Gasteiger partial charge in [-0.25, -0.2) is 8.78 Å². The molecule has 0 fully saturated rings. The first-order valence-corrected chi connectivity index (χ1v) is 7.02. The van der Waals surface area contributed by atoms with Gasteiger partial charge in [-0.15, -0.1) is 0 Å². The first-order chi connectivity index (χ1) is 9.73. The van der Waals surface area contributed by atoms with Crippen LogP contribution in [0.3, 0.4) is 0 Å². The Morgan fingerprint density at radius 2 is 1.10 bits per heavy atom. The highest BCUT2D eigenvalue weighted by Crippen LogP contribution is 2.32. The molecule has 0 amide bonds. The summed E-state index contributed by atoms with van der Waals surface area (Å²) in [5.74, 6) is -1.20. The average molecular weight is 289 g/mol. The molecule has 3 heteroatoms. The second-order valence-electron chi connectivity index (χ2n) is 5.72. The molecule has 0 saturated carbocycles. The van der Waals surface area contributed by atoms with Gasteiger partial charge in [0.1, 0.15) is 11.6 Å². The molecular formula is C18H21F2N. The fourth-order valence-electron chi connectivity index (χ4n) is 2.92. The largest absolute Gasteiger partial charge is 0.320 e. The number of benzene rings is 2. The monoisotopic (exact) mass is 289 g/mol. The zero-order valence-electron chi connectivity index (χ0n) is 13.1. The number of halogens is 2. The highest BCUT2D eigenvalue weighted by molar-refractivity contribution is 5.52. The van der Waals surface area contributed by atoms with Gasteiger partial charge in [0.15, 0.2) is 0 Å². The zero-order chi connectivity index (χ0) is 15.9. The summed E-state index contributed by atoms with van der Waals surface area (Å²) in [7, 11) is 0. The lowest BCUT2D eigenvalue weighted by molar-refractivity contribution is 0.577. The third-order valence-electron chi connectivity index (χ3n) is 4.61. The van der Waals surface area contributed by atoms with E-state index in [9.17, 15) is 8.78 Å². The molecule has 0 spiro atoms. The first-order valence-electron chi connectivity index (χ1n) is 7.02. The molecule has 0 aliphatic carbocycles. The lowest BCUT2D eigenvalue weighted by Gasteiger charge is -2.23. The van der Waals surface area contributed by atoms with Crippen LogP contribution in [0.15, 0.2) is 18.2 Å². The second-order valence-corrected chi connectivity index (χ2v) is 5.72. The van der Waals surface area contributed by atoms with E-state index in [0.29, 0.717) is 5.56 Å². The number of nitrogens with two attached hydrogens (primary N) is 1. The van der Waals surface area contributed by atoms with Crippen LogP contribution in [-0.2, 0) is 0 Å². The summed E-state index contributed by atoms with van der Waals surface area (Å²) in [6.07, 6.45) is 0. The van der Waals surface area contributed by atoms with Gasteiger partial charge in [-0.3, -0.25) is 0 Å². The molecule has 0 radical (unpaired) electrons. The molecule has 0 aliphatic rings. The molecule has 1 atom stereocenters. The van der Waals surface area contributed by atoms with Crippen molar-refractivity contribution in [3.05, 3.63) is 68.8 Å². The van der Waals surface area contributed by atoms with Gasteiger partial charge in [-0.05, 0) is 85.7 Å². The normalized spacial score (nSPS) is 12.6. The molecule has 1 unspecified atom stereocenters. The van der Waals surface area contributed by atoms with Crippen molar-refractivity contribution in [2.45, 2.75) is 40.7 Å². The molecule has 0 saturated heterocycles. The summed E-state index contributed by atoms with van der Waals surface area (Å²) < 4.78 is 26.9. The van der Waals surface area contributed by atoms with Gasteiger partial charge < -0.3 is 5.73 Å². The van der Waals surface area contributed by atoms with Crippen LogP contribution in [0.2, 0.25) is 0 Å². The van der Waals surface area contributed by atoms with E-state index in [1.807, 2.05) is 13.8 Å². The van der Waals surface area contributed by atoms with Gasteiger partial charge in [0.25, 0.3) is 0 Å². The smallest absolute Gasteiger partial charge is 0.126 e. The van der Waals surface area contributed by atoms with E-state index in [2.05, 4.69) is 20.8 Å². The number of rotatable bonds is 2. The summed E-state index contributed by atoms with van der Waals surface area (Å²) in [5.41, 5.74) is 13.5. The van der Waals surface area contributed by atoms with Crippen molar-refractivity contribution < 1.29 is 8.78 Å². The summed E-state index contributed by atoms with van der Waals surface area (Å²) in [6.45, 7) is 10.2. The van der Waals surface area contributed by atoms with Gasteiger partial charge >= 0.3 is 0 Å². The Morgan fingerprint density at radius 3 is 1.52 bits per heavy atom. The fourth-order valence-corrected chi connectivity index (χ4v) is 2.92. The summed E-state index contributed by atoms with van der Waals surface area (Å²) >= 11 is 0. The maximum absolute atomic E-state index is 13.4. The van der Waals surface area contributed by atoms with Crippen molar-refractivity contribution in [2.24, 2.45) is 5.73 Å². The first kappa shape index (κ1) is 15.6. The van der Waals surface area contributed by atoms with Crippen LogP contribution in [0.4, 0.5) is 8.78 Å². The number of hydrogen-bond acceptors (Lipinski definition) is 1. The highest BCUT2D eigenvalue weighted by atomic mass is 19.1. The van der Waals surface area contributed by atoms with E-state index >= 15 is 0 Å². The maximum atomic E-state index is 13.4.